The minimum atomic E-state index is -0.337. The predicted octanol–water partition coefficient (Wildman–Crippen LogP) is 3.06. The fourth-order valence-electron chi connectivity index (χ4n) is 2.71. The van der Waals surface area contributed by atoms with Gasteiger partial charge in [0.2, 0.25) is 0 Å². The molecule has 0 bridgehead atoms. The highest BCUT2D eigenvalue weighted by atomic mass is 16.5. The number of allylic oxidation sites excluding steroid dienone is 2. The molecule has 0 atom stereocenters. The van der Waals surface area contributed by atoms with Crippen LogP contribution in [-0.4, -0.2) is 23.4 Å². The topological polar surface area (TPSA) is 48.3 Å². The Hall–Kier alpha value is -2.36. The Morgan fingerprint density at radius 1 is 1.29 bits per heavy atom. The molecule has 0 aliphatic heterocycles. The van der Waals surface area contributed by atoms with E-state index in [0.29, 0.717) is 5.56 Å². The maximum atomic E-state index is 11.9. The third-order valence-corrected chi connectivity index (χ3v) is 3.99. The first-order valence-electron chi connectivity index (χ1n) is 6.96. The number of rotatable bonds is 4. The number of fused-ring (bicyclic) bond motifs is 1. The van der Waals surface area contributed by atoms with Gasteiger partial charge in [0.05, 0.1) is 18.2 Å². The number of ketones is 1. The first-order valence-corrected chi connectivity index (χ1v) is 6.96. The third-order valence-electron chi connectivity index (χ3n) is 3.99. The Morgan fingerprint density at radius 2 is 2.00 bits per heavy atom. The van der Waals surface area contributed by atoms with Crippen LogP contribution in [0.3, 0.4) is 0 Å². The van der Waals surface area contributed by atoms with Crippen LogP contribution >= 0.6 is 0 Å². The molecule has 1 heterocycles. The lowest BCUT2D eigenvalue weighted by molar-refractivity contribution is -0.112. The first-order chi connectivity index (χ1) is 10.1. The molecule has 0 spiro atoms. The van der Waals surface area contributed by atoms with Crippen LogP contribution in [-0.2, 0) is 15.1 Å². The van der Waals surface area contributed by atoms with Crippen LogP contribution in [0, 0.1) is 0 Å². The van der Waals surface area contributed by atoms with Crippen LogP contribution in [0.15, 0.2) is 42.6 Å². The summed E-state index contributed by atoms with van der Waals surface area (Å²) in [6, 6.07) is 7.76. The summed E-state index contributed by atoms with van der Waals surface area (Å²) >= 11 is 0. The van der Waals surface area contributed by atoms with Gasteiger partial charge in [-0.25, -0.2) is 4.79 Å². The number of para-hydroxylation sites is 1. The third kappa shape index (κ3) is 2.27. The molecule has 1 fully saturated rings. The number of benzene rings is 1. The molecule has 0 N–H and O–H groups in total. The number of carbonyl (C=O) groups is 2. The number of hydrogen-bond donors (Lipinski definition) is 0. The lowest BCUT2D eigenvalue weighted by Crippen LogP contribution is -2.13. The molecule has 108 valence electrons. The number of aromatic nitrogens is 1. The maximum Gasteiger partial charge on any atom is 0.340 e. The van der Waals surface area contributed by atoms with E-state index in [1.54, 1.807) is 13.0 Å². The Kier molecular flexibility index (Phi) is 3.16. The lowest BCUT2D eigenvalue weighted by atomic mass is 10.2. The zero-order chi connectivity index (χ0) is 15.0. The van der Waals surface area contributed by atoms with Gasteiger partial charge in [-0.1, -0.05) is 24.3 Å². The second-order valence-electron chi connectivity index (χ2n) is 5.47. The Labute approximate surface area is 123 Å². The Balaban J connectivity index is 2.16. The summed E-state index contributed by atoms with van der Waals surface area (Å²) in [7, 11) is 1.39. The van der Waals surface area contributed by atoms with E-state index < -0.39 is 0 Å². The van der Waals surface area contributed by atoms with Crippen LogP contribution in [0.1, 0.15) is 30.1 Å². The van der Waals surface area contributed by atoms with E-state index in [2.05, 4.69) is 4.57 Å². The zero-order valence-corrected chi connectivity index (χ0v) is 12.1. The smallest absolute Gasteiger partial charge is 0.340 e. The molecule has 0 saturated heterocycles. The highest BCUT2D eigenvalue weighted by Crippen LogP contribution is 2.47. The van der Waals surface area contributed by atoms with Crippen LogP contribution in [0.25, 0.3) is 10.9 Å². The lowest BCUT2D eigenvalue weighted by Gasteiger charge is -2.14. The van der Waals surface area contributed by atoms with Gasteiger partial charge < -0.3 is 9.30 Å². The normalized spacial score (nSPS) is 16.3. The molecule has 1 aromatic heterocycles. The number of methoxy groups -OCH3 is 1. The average Bonchev–Trinajstić information content (AvgIpc) is 3.18. The number of esters is 1. The second kappa shape index (κ2) is 4.88. The van der Waals surface area contributed by atoms with Gasteiger partial charge in [-0.15, -0.1) is 0 Å². The molecular formula is C17H17NO3. The van der Waals surface area contributed by atoms with Gasteiger partial charge in [-0.2, -0.15) is 0 Å². The molecule has 3 rings (SSSR count). The molecule has 1 aromatic carbocycles. The van der Waals surface area contributed by atoms with Crippen LogP contribution in [0.2, 0.25) is 0 Å². The van der Waals surface area contributed by atoms with Crippen LogP contribution in [0.4, 0.5) is 0 Å². The molecule has 0 amide bonds. The number of hydrogen-bond acceptors (Lipinski definition) is 3. The second-order valence-corrected chi connectivity index (χ2v) is 5.47. The van der Waals surface area contributed by atoms with E-state index in [4.69, 9.17) is 4.74 Å². The van der Waals surface area contributed by atoms with E-state index in [1.165, 1.54) is 7.11 Å². The van der Waals surface area contributed by atoms with Gasteiger partial charge in [0, 0.05) is 17.1 Å². The summed E-state index contributed by atoms with van der Waals surface area (Å²) in [6.45, 7) is 1.54. The van der Waals surface area contributed by atoms with E-state index in [0.717, 1.165) is 23.7 Å². The van der Waals surface area contributed by atoms with Crippen molar-refractivity contribution in [3.63, 3.8) is 0 Å². The fourth-order valence-corrected chi connectivity index (χ4v) is 2.71. The molecule has 1 aliphatic rings. The first kappa shape index (κ1) is 13.6. The van der Waals surface area contributed by atoms with Gasteiger partial charge in [0.1, 0.15) is 0 Å². The van der Waals surface area contributed by atoms with Gasteiger partial charge in [-0.05, 0) is 31.9 Å². The molecule has 4 nitrogen and oxygen atoms in total. The van der Waals surface area contributed by atoms with Crippen molar-refractivity contribution in [3.05, 3.63) is 48.2 Å². The van der Waals surface area contributed by atoms with E-state index in [-0.39, 0.29) is 17.3 Å². The summed E-state index contributed by atoms with van der Waals surface area (Å²) < 4.78 is 6.96. The van der Waals surface area contributed by atoms with Gasteiger partial charge in [0.25, 0.3) is 0 Å². The monoisotopic (exact) mass is 283 g/mol. The largest absolute Gasteiger partial charge is 0.465 e. The molecule has 4 heteroatoms. The molecule has 1 saturated carbocycles. The summed E-state index contributed by atoms with van der Waals surface area (Å²) in [5, 5.41) is 0.881. The number of carbonyl (C=O) groups excluding carboxylic acids is 2. The number of ether oxygens (including phenoxy) is 1. The molecule has 1 aliphatic carbocycles. The minimum Gasteiger partial charge on any atom is -0.465 e. The maximum absolute atomic E-state index is 11.9. The zero-order valence-electron chi connectivity index (χ0n) is 12.1. The van der Waals surface area contributed by atoms with E-state index >= 15 is 0 Å². The van der Waals surface area contributed by atoms with Gasteiger partial charge in [0.15, 0.2) is 5.78 Å². The van der Waals surface area contributed by atoms with Crippen molar-refractivity contribution in [2.24, 2.45) is 0 Å². The highest BCUT2D eigenvalue weighted by Gasteiger charge is 2.43. The SMILES string of the molecule is COC(=O)c1cn(C2(/C=C/C(C)=O)CC2)c2ccccc12. The van der Waals surface area contributed by atoms with Gasteiger partial charge >= 0.3 is 5.97 Å². The quantitative estimate of drug-likeness (QED) is 0.640. The summed E-state index contributed by atoms with van der Waals surface area (Å²) in [5.41, 5.74) is 1.37. The van der Waals surface area contributed by atoms with Crippen molar-refractivity contribution in [1.82, 2.24) is 4.57 Å². The number of nitrogens with zero attached hydrogens (tertiary/aromatic N) is 1. The molecule has 0 unspecified atom stereocenters. The van der Waals surface area contributed by atoms with Crippen molar-refractivity contribution >= 4 is 22.7 Å². The molecular weight excluding hydrogens is 266 g/mol. The average molecular weight is 283 g/mol. The van der Waals surface area contributed by atoms with Crippen LogP contribution in [0.5, 0.6) is 0 Å². The van der Waals surface area contributed by atoms with Crippen molar-refractivity contribution in [3.8, 4) is 0 Å². The minimum absolute atomic E-state index is 0.0333. The van der Waals surface area contributed by atoms with Crippen molar-refractivity contribution in [1.29, 1.82) is 0 Å². The summed E-state index contributed by atoms with van der Waals surface area (Å²) in [5.74, 6) is -0.303. The summed E-state index contributed by atoms with van der Waals surface area (Å²) in [6.07, 6.45) is 7.34. The highest BCUT2D eigenvalue weighted by molar-refractivity contribution is 6.04. The van der Waals surface area contributed by atoms with E-state index in [9.17, 15) is 9.59 Å². The molecule has 21 heavy (non-hydrogen) atoms. The standard InChI is InChI=1S/C17H17NO3/c1-12(19)7-8-17(9-10-17)18-11-14(16(20)21-2)13-5-3-4-6-15(13)18/h3-8,11H,9-10H2,1-2H3/b8-7+. The molecule has 2 aromatic rings. The van der Waals surface area contributed by atoms with Gasteiger partial charge in [-0.3, -0.25) is 4.79 Å². The molecule has 0 radical (unpaired) electrons. The fraction of sp³-hybridized carbons (Fsp3) is 0.294. The summed E-state index contributed by atoms with van der Waals surface area (Å²) in [4.78, 5) is 23.1. The van der Waals surface area contributed by atoms with E-state index in [1.807, 2.05) is 36.5 Å². The van der Waals surface area contributed by atoms with Crippen molar-refractivity contribution < 1.29 is 14.3 Å². The Morgan fingerprint density at radius 3 is 2.62 bits per heavy atom. The predicted molar refractivity (Wildman–Crippen MR) is 80.3 cm³/mol. The Bertz CT molecular complexity index is 750. The van der Waals surface area contributed by atoms with Crippen LogP contribution < -0.4 is 0 Å². The van der Waals surface area contributed by atoms with Crippen molar-refractivity contribution in [2.75, 3.05) is 7.11 Å². The van der Waals surface area contributed by atoms with Crippen molar-refractivity contribution in [2.45, 2.75) is 25.3 Å².